The Morgan fingerprint density at radius 2 is 1.83 bits per heavy atom. The Morgan fingerprint density at radius 3 is 2.46 bits per heavy atom. The van der Waals surface area contributed by atoms with E-state index < -0.39 is 23.5 Å². The van der Waals surface area contributed by atoms with Crippen LogP contribution in [0.25, 0.3) is 0 Å². The number of fused-ring (bicyclic) bond motifs is 1. The van der Waals surface area contributed by atoms with Crippen LogP contribution in [0.1, 0.15) is 70.4 Å². The van der Waals surface area contributed by atoms with Crippen molar-refractivity contribution in [1.29, 1.82) is 0 Å². The van der Waals surface area contributed by atoms with Gasteiger partial charge in [-0.3, -0.25) is 14.4 Å². The molecule has 1 aliphatic heterocycles. The summed E-state index contributed by atoms with van der Waals surface area (Å²) in [7, 11) is 1.70. The van der Waals surface area contributed by atoms with Crippen LogP contribution in [0.4, 0.5) is 0 Å². The van der Waals surface area contributed by atoms with Crippen LogP contribution in [0.15, 0.2) is 24.3 Å². The number of nitrogens with two attached hydrogens (primary N) is 1. The van der Waals surface area contributed by atoms with Crippen LogP contribution in [0.3, 0.4) is 0 Å². The molecule has 4 N–H and O–H groups in total. The summed E-state index contributed by atoms with van der Waals surface area (Å²) in [5.41, 5.74) is 8.31. The minimum absolute atomic E-state index is 0. The number of halogens is 2. The van der Waals surface area contributed by atoms with E-state index in [1.54, 1.807) is 18.9 Å². The molecule has 0 radical (unpaired) electrons. The number of likely N-dealkylation sites (N-methyl/N-ethyl adjacent to an activating group) is 1. The highest BCUT2D eigenvalue weighted by Crippen LogP contribution is 2.35. The van der Waals surface area contributed by atoms with Crippen LogP contribution in [0.5, 0.6) is 0 Å². The van der Waals surface area contributed by atoms with E-state index in [1.807, 2.05) is 26.8 Å². The van der Waals surface area contributed by atoms with Crippen LogP contribution in [-0.2, 0) is 20.8 Å². The standard InChI is InChI=1S/C26H40N4O3.2ClH/c1-16(28-5)24(32)29-23(26(2,3)4)25(33)30-15-19(27)14-21(30)22(31)13-18-11-8-10-17-9-6-7-12-20(17)18;;/h6-7,9,12,16,18-19,21,23,28H,8,10-11,13-15,27H2,1-5H3,(H,29,32);2*1H/t16-,18-,19-,21-,23+;;/m0../s1. The predicted molar refractivity (Wildman–Crippen MR) is 144 cm³/mol. The Hall–Kier alpha value is -1.67. The Kier molecular flexibility index (Phi) is 11.7. The number of hydrogen-bond acceptors (Lipinski definition) is 5. The quantitative estimate of drug-likeness (QED) is 0.504. The molecule has 5 atom stereocenters. The van der Waals surface area contributed by atoms with E-state index in [1.165, 1.54) is 11.1 Å². The molecule has 1 aromatic carbocycles. The zero-order valence-corrected chi connectivity index (χ0v) is 23.1. The van der Waals surface area contributed by atoms with Gasteiger partial charge in [0.25, 0.3) is 0 Å². The van der Waals surface area contributed by atoms with Gasteiger partial charge in [-0.25, -0.2) is 0 Å². The minimum Gasteiger partial charge on any atom is -0.342 e. The van der Waals surface area contributed by atoms with E-state index >= 15 is 0 Å². The molecule has 9 heteroatoms. The molecule has 2 aliphatic rings. The molecule has 0 bridgehead atoms. The average Bonchev–Trinajstić information content (AvgIpc) is 3.17. The van der Waals surface area contributed by atoms with Crippen LogP contribution in [-0.4, -0.2) is 60.3 Å². The van der Waals surface area contributed by atoms with Gasteiger partial charge in [0.1, 0.15) is 6.04 Å². The Labute approximate surface area is 222 Å². The Bertz CT molecular complexity index is 890. The minimum atomic E-state index is -0.739. The van der Waals surface area contributed by atoms with Gasteiger partial charge in [0, 0.05) is 19.0 Å². The third-order valence-corrected chi connectivity index (χ3v) is 7.16. The fourth-order valence-electron chi connectivity index (χ4n) is 5.08. The van der Waals surface area contributed by atoms with Gasteiger partial charge >= 0.3 is 0 Å². The number of Topliss-reactive ketones (excluding diaryl/α,β-unsaturated/α-hetero) is 1. The maximum absolute atomic E-state index is 13.7. The van der Waals surface area contributed by atoms with E-state index in [-0.39, 0.29) is 54.4 Å². The van der Waals surface area contributed by atoms with Gasteiger partial charge in [0.15, 0.2) is 5.78 Å². The molecule has 1 aliphatic carbocycles. The number of amides is 2. The number of likely N-dealkylation sites (tertiary alicyclic amines) is 1. The maximum atomic E-state index is 13.7. The summed E-state index contributed by atoms with van der Waals surface area (Å²) < 4.78 is 0. The van der Waals surface area contributed by atoms with Crippen molar-refractivity contribution in [1.82, 2.24) is 15.5 Å². The summed E-state index contributed by atoms with van der Waals surface area (Å²) in [4.78, 5) is 41.4. The summed E-state index contributed by atoms with van der Waals surface area (Å²) in [5.74, 6) is -0.211. The third-order valence-electron chi connectivity index (χ3n) is 7.16. The van der Waals surface area contributed by atoms with E-state index in [0.717, 1.165) is 19.3 Å². The van der Waals surface area contributed by atoms with Crippen molar-refractivity contribution in [2.75, 3.05) is 13.6 Å². The second kappa shape index (κ2) is 13.0. The Balaban J connectivity index is 0.00000306. The van der Waals surface area contributed by atoms with Crippen molar-refractivity contribution < 1.29 is 14.4 Å². The van der Waals surface area contributed by atoms with E-state index in [0.29, 0.717) is 19.4 Å². The molecular weight excluding hydrogens is 487 g/mol. The van der Waals surface area contributed by atoms with Crippen LogP contribution in [0, 0.1) is 5.41 Å². The number of rotatable bonds is 7. The first kappa shape index (κ1) is 31.4. The molecule has 1 aromatic rings. The van der Waals surface area contributed by atoms with Crippen molar-refractivity contribution in [2.45, 2.75) is 89.9 Å². The summed E-state index contributed by atoms with van der Waals surface area (Å²) in [6.45, 7) is 7.85. The van der Waals surface area contributed by atoms with E-state index in [2.05, 4.69) is 28.8 Å². The lowest BCUT2D eigenvalue weighted by Gasteiger charge is -2.36. The van der Waals surface area contributed by atoms with Gasteiger partial charge < -0.3 is 21.3 Å². The molecule has 1 saturated heterocycles. The van der Waals surface area contributed by atoms with Gasteiger partial charge in [-0.2, -0.15) is 0 Å². The summed E-state index contributed by atoms with van der Waals surface area (Å²) >= 11 is 0. The molecule has 35 heavy (non-hydrogen) atoms. The molecule has 3 rings (SSSR count). The topological polar surface area (TPSA) is 105 Å². The highest BCUT2D eigenvalue weighted by atomic mass is 35.5. The zero-order chi connectivity index (χ0) is 24.3. The first-order chi connectivity index (χ1) is 15.5. The van der Waals surface area contributed by atoms with Crippen molar-refractivity contribution in [3.05, 3.63) is 35.4 Å². The second-order valence-corrected chi connectivity index (χ2v) is 10.8. The summed E-state index contributed by atoms with van der Waals surface area (Å²) in [5, 5.41) is 5.81. The molecule has 1 heterocycles. The highest BCUT2D eigenvalue weighted by molar-refractivity contribution is 5.94. The summed E-state index contributed by atoms with van der Waals surface area (Å²) in [6.07, 6.45) is 4.00. The van der Waals surface area contributed by atoms with Crippen LogP contribution >= 0.6 is 24.8 Å². The van der Waals surface area contributed by atoms with Gasteiger partial charge in [-0.1, -0.05) is 45.0 Å². The largest absolute Gasteiger partial charge is 0.342 e. The monoisotopic (exact) mass is 528 g/mol. The van der Waals surface area contributed by atoms with Crippen molar-refractivity contribution >= 4 is 42.4 Å². The van der Waals surface area contributed by atoms with Crippen LogP contribution < -0.4 is 16.4 Å². The van der Waals surface area contributed by atoms with Gasteiger partial charge in [0.05, 0.1) is 12.1 Å². The van der Waals surface area contributed by atoms with E-state index in [9.17, 15) is 14.4 Å². The normalized spacial score (nSPS) is 23.3. The zero-order valence-electron chi connectivity index (χ0n) is 21.5. The molecule has 7 nitrogen and oxygen atoms in total. The van der Waals surface area contributed by atoms with Crippen molar-refractivity contribution in [3.63, 3.8) is 0 Å². The predicted octanol–water partition coefficient (Wildman–Crippen LogP) is 2.98. The second-order valence-electron chi connectivity index (χ2n) is 10.8. The molecule has 2 amide bonds. The number of benzene rings is 1. The lowest BCUT2D eigenvalue weighted by molar-refractivity contribution is -0.143. The molecule has 0 aromatic heterocycles. The highest BCUT2D eigenvalue weighted by Gasteiger charge is 2.44. The number of ketones is 1. The van der Waals surface area contributed by atoms with Gasteiger partial charge in [-0.15, -0.1) is 24.8 Å². The molecule has 198 valence electrons. The number of carbonyl (C=O) groups is 3. The van der Waals surface area contributed by atoms with Crippen molar-refractivity contribution in [3.8, 4) is 0 Å². The number of aryl methyl sites for hydroxylation is 1. The molecule has 0 spiro atoms. The van der Waals surface area contributed by atoms with Gasteiger partial charge in [0.2, 0.25) is 11.8 Å². The average molecular weight is 530 g/mol. The smallest absolute Gasteiger partial charge is 0.246 e. The van der Waals surface area contributed by atoms with E-state index in [4.69, 9.17) is 5.73 Å². The lowest BCUT2D eigenvalue weighted by Crippen LogP contribution is -2.59. The summed E-state index contributed by atoms with van der Waals surface area (Å²) in [6, 6.07) is 6.42. The number of nitrogens with one attached hydrogen (secondary N) is 2. The molecule has 1 fully saturated rings. The number of hydrogen-bond donors (Lipinski definition) is 3. The molecular formula is C26H42Cl2N4O3. The molecule has 0 unspecified atom stereocenters. The number of carbonyl (C=O) groups excluding carboxylic acids is 3. The SMILES string of the molecule is CN[C@@H](C)C(=O)N[C@H](C(=O)N1C[C@@H](N)C[C@H]1C(=O)C[C@@H]1CCCc2ccccc21)C(C)(C)C.Cl.Cl. The van der Waals surface area contributed by atoms with Crippen LogP contribution in [0.2, 0.25) is 0 Å². The number of nitrogens with zero attached hydrogens (tertiary/aromatic N) is 1. The van der Waals surface area contributed by atoms with Crippen molar-refractivity contribution in [2.24, 2.45) is 11.1 Å². The lowest BCUT2D eigenvalue weighted by atomic mass is 9.79. The maximum Gasteiger partial charge on any atom is 0.246 e. The fourth-order valence-corrected chi connectivity index (χ4v) is 5.08. The molecule has 0 saturated carbocycles. The first-order valence-corrected chi connectivity index (χ1v) is 12.2. The first-order valence-electron chi connectivity index (χ1n) is 12.2. The Morgan fingerprint density at radius 1 is 1.17 bits per heavy atom. The van der Waals surface area contributed by atoms with Gasteiger partial charge in [-0.05, 0) is 62.1 Å². The third kappa shape index (κ3) is 7.42. The fraction of sp³-hybridized carbons (Fsp3) is 0.654.